The molecule has 0 spiro atoms. The number of aromatic nitrogens is 2. The van der Waals surface area contributed by atoms with Crippen LogP contribution >= 0.6 is 23.2 Å². The molecule has 0 aliphatic carbocycles. The SMILES string of the molecule is CCC(=O)N(c1ccccc1)C1CCN(c2ccnc(N3CCN(C(=O)Nc4cc(Cl)ccc4Cl)CC3)n2)CC1. The van der Waals surface area contributed by atoms with Crippen molar-refractivity contribution in [2.75, 3.05) is 59.3 Å². The van der Waals surface area contributed by atoms with Crippen molar-refractivity contribution < 1.29 is 9.59 Å². The van der Waals surface area contributed by atoms with Crippen LogP contribution in [0.4, 0.5) is 27.9 Å². The fraction of sp³-hybridized carbons (Fsp3) is 0.379. The van der Waals surface area contributed by atoms with E-state index in [1.54, 1.807) is 29.3 Å². The zero-order valence-corrected chi connectivity index (χ0v) is 24.0. The molecule has 1 N–H and O–H groups in total. The largest absolute Gasteiger partial charge is 0.356 e. The van der Waals surface area contributed by atoms with E-state index in [4.69, 9.17) is 28.2 Å². The summed E-state index contributed by atoms with van der Waals surface area (Å²) in [6, 6.07) is 16.8. The normalized spacial score (nSPS) is 16.1. The molecule has 3 aromatic rings. The smallest absolute Gasteiger partial charge is 0.322 e. The zero-order valence-electron chi connectivity index (χ0n) is 22.5. The molecule has 210 valence electrons. The van der Waals surface area contributed by atoms with Crippen LogP contribution in [0.2, 0.25) is 10.0 Å². The predicted molar refractivity (Wildman–Crippen MR) is 161 cm³/mol. The average molecular weight is 583 g/mol. The molecule has 0 atom stereocenters. The van der Waals surface area contributed by atoms with E-state index in [0.29, 0.717) is 54.3 Å². The van der Waals surface area contributed by atoms with Crippen LogP contribution < -0.4 is 20.0 Å². The molecule has 0 bridgehead atoms. The lowest BCUT2D eigenvalue weighted by Gasteiger charge is -2.39. The van der Waals surface area contributed by atoms with Crippen LogP contribution in [0.5, 0.6) is 0 Å². The number of carbonyl (C=O) groups excluding carboxylic acids is 2. The summed E-state index contributed by atoms with van der Waals surface area (Å²) >= 11 is 12.2. The van der Waals surface area contributed by atoms with Gasteiger partial charge in [-0.2, -0.15) is 4.98 Å². The van der Waals surface area contributed by atoms with Gasteiger partial charge >= 0.3 is 6.03 Å². The number of benzene rings is 2. The second-order valence-corrected chi connectivity index (χ2v) is 10.8. The predicted octanol–water partition coefficient (Wildman–Crippen LogP) is 5.55. The van der Waals surface area contributed by atoms with E-state index in [-0.39, 0.29) is 18.0 Å². The number of hydrogen-bond donors (Lipinski definition) is 1. The number of carbonyl (C=O) groups is 2. The van der Waals surface area contributed by atoms with Crippen LogP contribution in [0.1, 0.15) is 26.2 Å². The van der Waals surface area contributed by atoms with Crippen molar-refractivity contribution in [1.29, 1.82) is 0 Å². The number of anilines is 4. The van der Waals surface area contributed by atoms with Gasteiger partial charge in [0.1, 0.15) is 5.82 Å². The summed E-state index contributed by atoms with van der Waals surface area (Å²) in [5.41, 5.74) is 1.45. The second kappa shape index (κ2) is 12.7. The Morgan fingerprint density at radius 2 is 1.68 bits per heavy atom. The molecule has 40 heavy (non-hydrogen) atoms. The van der Waals surface area contributed by atoms with E-state index >= 15 is 0 Å². The Bertz CT molecular complexity index is 1330. The van der Waals surface area contributed by atoms with Crippen molar-refractivity contribution in [1.82, 2.24) is 14.9 Å². The summed E-state index contributed by atoms with van der Waals surface area (Å²) in [5.74, 6) is 1.69. The number of piperidine rings is 1. The summed E-state index contributed by atoms with van der Waals surface area (Å²) in [5, 5.41) is 3.80. The molecule has 0 saturated carbocycles. The van der Waals surface area contributed by atoms with Crippen molar-refractivity contribution in [3.63, 3.8) is 0 Å². The molecular formula is C29H33Cl2N7O2. The Balaban J connectivity index is 1.17. The number of amides is 3. The molecule has 2 aliphatic heterocycles. The first kappa shape index (κ1) is 28.0. The lowest BCUT2D eigenvalue weighted by atomic mass is 10.0. The number of hydrogen-bond acceptors (Lipinski definition) is 6. The molecule has 2 fully saturated rings. The Morgan fingerprint density at radius 3 is 2.38 bits per heavy atom. The summed E-state index contributed by atoms with van der Waals surface area (Å²) in [6.07, 6.45) is 4.00. The number of urea groups is 1. The van der Waals surface area contributed by atoms with Crippen LogP contribution in [0.15, 0.2) is 60.8 Å². The molecule has 2 saturated heterocycles. The fourth-order valence-corrected chi connectivity index (χ4v) is 5.57. The molecule has 0 radical (unpaired) electrons. The first-order valence-corrected chi connectivity index (χ1v) is 14.4. The number of halogens is 2. The van der Waals surface area contributed by atoms with Gasteiger partial charge in [0.25, 0.3) is 0 Å². The number of nitrogens with one attached hydrogen (secondary N) is 1. The molecule has 0 unspecified atom stereocenters. The summed E-state index contributed by atoms with van der Waals surface area (Å²) in [6.45, 7) is 5.83. The van der Waals surface area contributed by atoms with E-state index < -0.39 is 0 Å². The maximum absolute atomic E-state index is 12.8. The minimum atomic E-state index is -0.215. The summed E-state index contributed by atoms with van der Waals surface area (Å²) in [7, 11) is 0. The average Bonchev–Trinajstić information content (AvgIpc) is 3.00. The first-order valence-electron chi connectivity index (χ1n) is 13.6. The minimum Gasteiger partial charge on any atom is -0.356 e. The third-order valence-electron chi connectivity index (χ3n) is 7.41. The van der Waals surface area contributed by atoms with Crippen molar-refractivity contribution in [2.45, 2.75) is 32.2 Å². The van der Waals surface area contributed by atoms with Gasteiger partial charge in [-0.05, 0) is 49.2 Å². The highest BCUT2D eigenvalue weighted by Crippen LogP contribution is 2.28. The number of piperazine rings is 1. The van der Waals surface area contributed by atoms with Gasteiger partial charge in [0.2, 0.25) is 11.9 Å². The van der Waals surface area contributed by atoms with Gasteiger partial charge in [0, 0.05) is 68.6 Å². The van der Waals surface area contributed by atoms with E-state index in [0.717, 1.165) is 37.4 Å². The monoisotopic (exact) mass is 581 g/mol. The van der Waals surface area contributed by atoms with Crippen LogP contribution in [0.3, 0.4) is 0 Å². The van der Waals surface area contributed by atoms with Gasteiger partial charge in [-0.25, -0.2) is 9.78 Å². The molecule has 2 aliphatic rings. The zero-order chi connectivity index (χ0) is 28.1. The van der Waals surface area contributed by atoms with Gasteiger partial charge < -0.3 is 24.9 Å². The molecule has 11 heteroatoms. The van der Waals surface area contributed by atoms with Gasteiger partial charge in [0.15, 0.2) is 0 Å². The third kappa shape index (κ3) is 6.42. The van der Waals surface area contributed by atoms with E-state index in [2.05, 4.69) is 20.1 Å². The van der Waals surface area contributed by atoms with Gasteiger partial charge in [-0.15, -0.1) is 0 Å². The number of para-hydroxylation sites is 1. The highest BCUT2D eigenvalue weighted by atomic mass is 35.5. The molecule has 3 amide bonds. The summed E-state index contributed by atoms with van der Waals surface area (Å²) < 4.78 is 0. The maximum atomic E-state index is 12.8. The third-order valence-corrected chi connectivity index (χ3v) is 7.97. The Hall–Kier alpha value is -3.56. The van der Waals surface area contributed by atoms with Crippen LogP contribution in [0, 0.1) is 0 Å². The molecule has 1 aromatic heterocycles. The molecule has 9 nitrogen and oxygen atoms in total. The van der Waals surface area contributed by atoms with Gasteiger partial charge in [-0.3, -0.25) is 4.79 Å². The standard InChI is InChI=1S/C29H33Cl2N7O2/c1-2-27(39)38(22-6-4-3-5-7-22)23-11-14-35(15-12-23)26-10-13-32-28(34-26)36-16-18-37(19-17-36)29(40)33-25-20-21(30)8-9-24(25)31/h3-10,13,20,23H,2,11-12,14-19H2,1H3,(H,33,40). The lowest BCUT2D eigenvalue weighted by Crippen LogP contribution is -2.50. The quantitative estimate of drug-likeness (QED) is 0.411. The van der Waals surface area contributed by atoms with Crippen molar-refractivity contribution >= 4 is 58.3 Å². The molecular weight excluding hydrogens is 549 g/mol. The van der Waals surface area contributed by atoms with Crippen molar-refractivity contribution in [3.05, 3.63) is 70.8 Å². The summed E-state index contributed by atoms with van der Waals surface area (Å²) in [4.78, 5) is 43.1. The van der Waals surface area contributed by atoms with Gasteiger partial charge in [0.05, 0.1) is 10.7 Å². The van der Waals surface area contributed by atoms with E-state index in [1.165, 1.54) is 0 Å². The highest BCUT2D eigenvalue weighted by Gasteiger charge is 2.29. The molecule has 2 aromatic carbocycles. The number of rotatable bonds is 6. The maximum Gasteiger partial charge on any atom is 0.322 e. The fourth-order valence-electron chi connectivity index (χ4n) is 5.24. The van der Waals surface area contributed by atoms with Crippen molar-refractivity contribution in [2.24, 2.45) is 0 Å². The van der Waals surface area contributed by atoms with E-state index in [9.17, 15) is 9.59 Å². The van der Waals surface area contributed by atoms with Crippen LogP contribution in [-0.2, 0) is 4.79 Å². The van der Waals surface area contributed by atoms with Gasteiger partial charge in [-0.1, -0.05) is 48.3 Å². The molecule has 3 heterocycles. The topological polar surface area (TPSA) is 84.9 Å². The first-order chi connectivity index (χ1) is 19.4. The Morgan fingerprint density at radius 1 is 0.950 bits per heavy atom. The van der Waals surface area contributed by atoms with Crippen LogP contribution in [0.25, 0.3) is 0 Å². The molecule has 5 rings (SSSR count). The Kier molecular flexibility index (Phi) is 8.91. The second-order valence-electron chi connectivity index (χ2n) is 9.91. The Labute approximate surface area is 244 Å². The minimum absolute atomic E-state index is 0.150. The van der Waals surface area contributed by atoms with Crippen LogP contribution in [-0.4, -0.2) is 72.1 Å². The number of nitrogens with zero attached hydrogens (tertiary/aromatic N) is 6. The highest BCUT2D eigenvalue weighted by molar-refractivity contribution is 6.35. The van der Waals surface area contributed by atoms with E-state index in [1.807, 2.05) is 48.2 Å². The lowest BCUT2D eigenvalue weighted by molar-refractivity contribution is -0.118. The van der Waals surface area contributed by atoms with Crippen molar-refractivity contribution in [3.8, 4) is 0 Å².